The monoisotopic (exact) mass is 268 g/mol. The molecule has 6 heteroatoms. The Hall–Kier alpha value is -1.69. The third-order valence-corrected chi connectivity index (χ3v) is 3.16. The van der Waals surface area contributed by atoms with Gasteiger partial charge in [-0.1, -0.05) is 23.9 Å². The molecule has 0 spiro atoms. The van der Waals surface area contributed by atoms with Crippen molar-refractivity contribution in [2.24, 2.45) is 0 Å². The van der Waals surface area contributed by atoms with Crippen molar-refractivity contribution in [1.82, 2.24) is 9.97 Å². The molecule has 0 atom stereocenters. The minimum atomic E-state index is -2.43. The zero-order valence-electron chi connectivity index (χ0n) is 9.48. The second-order valence-corrected chi connectivity index (χ2v) is 4.67. The van der Waals surface area contributed by atoms with Crippen LogP contribution in [0.4, 0.5) is 8.78 Å². The fourth-order valence-corrected chi connectivity index (χ4v) is 2.05. The molecule has 2 aromatic rings. The molecular weight excluding hydrogens is 258 g/mol. The van der Waals surface area contributed by atoms with Crippen LogP contribution in [0.2, 0.25) is 0 Å². The Morgan fingerprint density at radius 1 is 1.28 bits per heavy atom. The third-order valence-electron chi connectivity index (χ3n) is 2.44. The highest BCUT2D eigenvalue weighted by molar-refractivity contribution is 7.99. The van der Waals surface area contributed by atoms with Crippen LogP contribution in [0, 0.1) is 6.92 Å². The number of benzene rings is 1. The molecule has 0 bridgehead atoms. The molecule has 1 aromatic heterocycles. The van der Waals surface area contributed by atoms with Gasteiger partial charge < -0.3 is 4.98 Å². The Bertz CT molecular complexity index is 596. The van der Waals surface area contributed by atoms with Gasteiger partial charge in [0, 0.05) is 16.0 Å². The highest BCUT2D eigenvalue weighted by Crippen LogP contribution is 2.27. The van der Waals surface area contributed by atoms with Crippen LogP contribution in [0.15, 0.2) is 40.3 Å². The topological polar surface area (TPSA) is 45.8 Å². The highest BCUT2D eigenvalue weighted by atomic mass is 32.2. The molecule has 3 nitrogen and oxygen atoms in total. The van der Waals surface area contributed by atoms with Crippen molar-refractivity contribution >= 4 is 11.8 Å². The van der Waals surface area contributed by atoms with Crippen LogP contribution in [0.1, 0.15) is 5.56 Å². The van der Waals surface area contributed by atoms with Crippen molar-refractivity contribution in [1.29, 1.82) is 0 Å². The Balaban J connectivity index is 2.35. The first-order chi connectivity index (χ1) is 8.58. The van der Waals surface area contributed by atoms with Gasteiger partial charge in [0.1, 0.15) is 0 Å². The Morgan fingerprint density at radius 3 is 2.56 bits per heavy atom. The number of hydrogen-bond acceptors (Lipinski definition) is 3. The summed E-state index contributed by atoms with van der Waals surface area (Å²) in [6.45, 7) is 1.67. The van der Waals surface area contributed by atoms with Gasteiger partial charge in [-0.25, -0.2) is 4.98 Å². The van der Waals surface area contributed by atoms with Crippen LogP contribution in [0.25, 0.3) is 11.3 Å². The van der Waals surface area contributed by atoms with Gasteiger partial charge in [-0.2, -0.15) is 8.78 Å². The maximum absolute atomic E-state index is 12.2. The predicted octanol–water partition coefficient (Wildman–Crippen LogP) is 3.06. The molecule has 18 heavy (non-hydrogen) atoms. The summed E-state index contributed by atoms with van der Waals surface area (Å²) in [6, 6.07) is 6.54. The zero-order chi connectivity index (χ0) is 13.1. The summed E-state index contributed by atoms with van der Waals surface area (Å²) in [5.74, 6) is -2.43. The second kappa shape index (κ2) is 5.30. The summed E-state index contributed by atoms with van der Waals surface area (Å²) in [5, 5.41) is 0. The van der Waals surface area contributed by atoms with E-state index in [-0.39, 0.29) is 5.56 Å². The molecular formula is C12H10F2N2OS. The zero-order valence-corrected chi connectivity index (χ0v) is 10.3. The number of nitrogens with one attached hydrogen (secondary N) is 1. The summed E-state index contributed by atoms with van der Waals surface area (Å²) in [7, 11) is 0. The van der Waals surface area contributed by atoms with Crippen molar-refractivity contribution in [2.45, 2.75) is 17.6 Å². The van der Waals surface area contributed by atoms with Crippen molar-refractivity contribution in [3.63, 3.8) is 0 Å². The standard InChI is InChI=1S/C12H10F2N2OS/c1-7-10(15-6-16-11(7)17)8-2-4-9(5-3-8)18-12(13)14/h2-6,12H,1H3,(H,15,16,17). The Labute approximate surface area is 106 Å². The lowest BCUT2D eigenvalue weighted by Gasteiger charge is -2.05. The molecule has 1 N–H and O–H groups in total. The normalized spacial score (nSPS) is 10.9. The Kier molecular flexibility index (Phi) is 3.76. The number of thioether (sulfide) groups is 1. The maximum Gasteiger partial charge on any atom is 0.288 e. The number of H-pyrrole nitrogens is 1. The van der Waals surface area contributed by atoms with Gasteiger partial charge in [-0.15, -0.1) is 0 Å². The van der Waals surface area contributed by atoms with E-state index in [0.717, 1.165) is 5.56 Å². The molecule has 0 amide bonds. The average molecular weight is 268 g/mol. The van der Waals surface area contributed by atoms with Crippen molar-refractivity contribution in [3.8, 4) is 11.3 Å². The first kappa shape index (κ1) is 12.8. The van der Waals surface area contributed by atoms with Crippen molar-refractivity contribution < 1.29 is 8.78 Å². The minimum absolute atomic E-state index is 0.203. The molecule has 1 aromatic carbocycles. The van der Waals surface area contributed by atoms with Crippen molar-refractivity contribution in [3.05, 3.63) is 46.5 Å². The summed E-state index contributed by atoms with van der Waals surface area (Å²) in [4.78, 5) is 18.5. The summed E-state index contributed by atoms with van der Waals surface area (Å²) >= 11 is 0.488. The predicted molar refractivity (Wildman–Crippen MR) is 66.9 cm³/mol. The van der Waals surface area contributed by atoms with Crippen LogP contribution in [0.3, 0.4) is 0 Å². The van der Waals surface area contributed by atoms with Crippen LogP contribution < -0.4 is 5.56 Å². The van der Waals surface area contributed by atoms with Gasteiger partial charge in [0.2, 0.25) is 0 Å². The fourth-order valence-electron chi connectivity index (χ4n) is 1.55. The van der Waals surface area contributed by atoms with Gasteiger partial charge in [-0.05, 0) is 19.1 Å². The molecule has 0 saturated heterocycles. The summed E-state index contributed by atoms with van der Waals surface area (Å²) < 4.78 is 24.3. The van der Waals surface area contributed by atoms with E-state index in [1.807, 2.05) is 0 Å². The highest BCUT2D eigenvalue weighted by Gasteiger charge is 2.08. The summed E-state index contributed by atoms with van der Waals surface area (Å²) in [6.07, 6.45) is 1.33. The lowest BCUT2D eigenvalue weighted by Crippen LogP contribution is -2.11. The lowest BCUT2D eigenvalue weighted by atomic mass is 10.1. The number of aromatic nitrogens is 2. The van der Waals surface area contributed by atoms with E-state index in [1.54, 1.807) is 31.2 Å². The largest absolute Gasteiger partial charge is 0.313 e. The van der Waals surface area contributed by atoms with Gasteiger partial charge in [0.15, 0.2) is 0 Å². The molecule has 0 unspecified atom stereocenters. The second-order valence-electron chi connectivity index (χ2n) is 3.61. The van der Waals surface area contributed by atoms with Crippen molar-refractivity contribution in [2.75, 3.05) is 0 Å². The average Bonchev–Trinajstić information content (AvgIpc) is 2.33. The molecule has 2 rings (SSSR count). The summed E-state index contributed by atoms with van der Waals surface area (Å²) in [5.41, 5.74) is 1.60. The number of aromatic amines is 1. The maximum atomic E-state index is 12.2. The van der Waals surface area contributed by atoms with Gasteiger partial charge in [-0.3, -0.25) is 4.79 Å². The van der Waals surface area contributed by atoms with Gasteiger partial charge in [0.05, 0.1) is 12.0 Å². The Morgan fingerprint density at radius 2 is 1.94 bits per heavy atom. The molecule has 1 heterocycles. The lowest BCUT2D eigenvalue weighted by molar-refractivity contribution is 0.252. The quantitative estimate of drug-likeness (QED) is 0.870. The number of nitrogens with zero attached hydrogens (tertiary/aromatic N) is 1. The third kappa shape index (κ3) is 2.76. The molecule has 0 aliphatic rings. The molecule has 0 saturated carbocycles. The van der Waals surface area contributed by atoms with E-state index in [2.05, 4.69) is 9.97 Å². The first-order valence-electron chi connectivity index (χ1n) is 5.17. The SMILES string of the molecule is Cc1c(-c2ccc(SC(F)F)cc2)nc[nH]c1=O. The van der Waals surface area contributed by atoms with E-state index in [9.17, 15) is 13.6 Å². The minimum Gasteiger partial charge on any atom is -0.313 e. The molecule has 0 radical (unpaired) electrons. The number of hydrogen-bond donors (Lipinski definition) is 1. The van der Waals surface area contributed by atoms with E-state index in [0.29, 0.717) is 27.9 Å². The van der Waals surface area contributed by atoms with E-state index in [1.165, 1.54) is 6.33 Å². The molecule has 94 valence electrons. The van der Waals surface area contributed by atoms with Crippen LogP contribution in [0.5, 0.6) is 0 Å². The molecule has 0 aliphatic carbocycles. The van der Waals surface area contributed by atoms with E-state index < -0.39 is 5.76 Å². The van der Waals surface area contributed by atoms with Gasteiger partial charge in [0.25, 0.3) is 11.3 Å². The number of alkyl halides is 2. The first-order valence-corrected chi connectivity index (χ1v) is 6.05. The number of rotatable bonds is 3. The molecule has 0 fully saturated rings. The van der Waals surface area contributed by atoms with E-state index >= 15 is 0 Å². The number of halogens is 2. The van der Waals surface area contributed by atoms with Crippen LogP contribution in [-0.2, 0) is 0 Å². The van der Waals surface area contributed by atoms with Gasteiger partial charge >= 0.3 is 0 Å². The van der Waals surface area contributed by atoms with Crippen LogP contribution >= 0.6 is 11.8 Å². The van der Waals surface area contributed by atoms with Crippen LogP contribution in [-0.4, -0.2) is 15.7 Å². The van der Waals surface area contributed by atoms with E-state index in [4.69, 9.17) is 0 Å². The fraction of sp³-hybridized carbons (Fsp3) is 0.167. The smallest absolute Gasteiger partial charge is 0.288 e. The molecule has 0 aliphatic heterocycles.